The van der Waals surface area contributed by atoms with E-state index in [1.54, 1.807) is 0 Å². The standard InChI is InChI=1S/C16H28O4/c1-4-5-8-12-19-15(17)9-6-7-10-16(18)20-13-11-14(2)3/h2,4-13H2,1,3H3. The number of hydrogen-bond donors (Lipinski definition) is 0. The molecule has 0 radical (unpaired) electrons. The average Bonchev–Trinajstić information content (AvgIpc) is 2.39. The SMILES string of the molecule is C=C(C)CCOC(=O)CCCCC(=O)OCCCCC. The van der Waals surface area contributed by atoms with Gasteiger partial charge in [0.2, 0.25) is 0 Å². The van der Waals surface area contributed by atoms with Crippen molar-refractivity contribution in [2.24, 2.45) is 0 Å². The molecule has 0 atom stereocenters. The maximum absolute atomic E-state index is 11.3. The van der Waals surface area contributed by atoms with Gasteiger partial charge in [0.05, 0.1) is 13.2 Å². The molecule has 0 N–H and O–H groups in total. The molecule has 116 valence electrons. The Balaban J connectivity index is 3.39. The fraction of sp³-hybridized carbons (Fsp3) is 0.750. The third-order valence-corrected chi connectivity index (χ3v) is 2.81. The topological polar surface area (TPSA) is 52.6 Å². The normalized spacial score (nSPS) is 10.1. The molecule has 0 saturated carbocycles. The molecule has 0 fully saturated rings. The first-order valence-electron chi connectivity index (χ1n) is 7.52. The lowest BCUT2D eigenvalue weighted by atomic mass is 10.2. The predicted octanol–water partition coefficient (Wildman–Crippen LogP) is 3.79. The first kappa shape index (κ1) is 18.7. The van der Waals surface area contributed by atoms with Gasteiger partial charge >= 0.3 is 11.9 Å². The summed E-state index contributed by atoms with van der Waals surface area (Å²) in [7, 11) is 0. The molecule has 0 saturated heterocycles. The Morgan fingerprint density at radius 1 is 0.850 bits per heavy atom. The fourth-order valence-electron chi connectivity index (χ4n) is 1.56. The summed E-state index contributed by atoms with van der Waals surface area (Å²) in [5, 5.41) is 0. The van der Waals surface area contributed by atoms with Gasteiger partial charge in [-0.05, 0) is 26.2 Å². The molecule has 4 nitrogen and oxygen atoms in total. The molecule has 0 heterocycles. The number of ether oxygens (including phenoxy) is 2. The summed E-state index contributed by atoms with van der Waals surface area (Å²) in [6.07, 6.45) is 5.91. The van der Waals surface area contributed by atoms with Crippen LogP contribution >= 0.6 is 0 Å². The molecule has 0 aromatic heterocycles. The van der Waals surface area contributed by atoms with Gasteiger partial charge in [-0.2, -0.15) is 0 Å². The maximum Gasteiger partial charge on any atom is 0.305 e. The van der Waals surface area contributed by atoms with Crippen molar-refractivity contribution < 1.29 is 19.1 Å². The van der Waals surface area contributed by atoms with Crippen LogP contribution < -0.4 is 0 Å². The van der Waals surface area contributed by atoms with E-state index in [4.69, 9.17) is 9.47 Å². The molecule has 0 aliphatic heterocycles. The number of carbonyl (C=O) groups excluding carboxylic acids is 2. The lowest BCUT2D eigenvalue weighted by Crippen LogP contribution is -2.08. The molecule has 0 amide bonds. The smallest absolute Gasteiger partial charge is 0.305 e. The summed E-state index contributed by atoms with van der Waals surface area (Å²) < 4.78 is 10.1. The van der Waals surface area contributed by atoms with Crippen LogP contribution in [0.1, 0.15) is 65.2 Å². The van der Waals surface area contributed by atoms with Crippen LogP contribution in [-0.4, -0.2) is 25.2 Å². The van der Waals surface area contributed by atoms with Gasteiger partial charge in [0.25, 0.3) is 0 Å². The van der Waals surface area contributed by atoms with Crippen LogP contribution in [0, 0.1) is 0 Å². The highest BCUT2D eigenvalue weighted by Crippen LogP contribution is 2.05. The van der Waals surface area contributed by atoms with E-state index in [2.05, 4.69) is 13.5 Å². The second-order valence-electron chi connectivity index (χ2n) is 5.06. The molecule has 4 heteroatoms. The monoisotopic (exact) mass is 284 g/mol. The van der Waals surface area contributed by atoms with Crippen LogP contribution in [0.15, 0.2) is 12.2 Å². The zero-order valence-electron chi connectivity index (χ0n) is 12.9. The van der Waals surface area contributed by atoms with E-state index in [-0.39, 0.29) is 11.9 Å². The van der Waals surface area contributed by atoms with Gasteiger partial charge in [0.15, 0.2) is 0 Å². The first-order chi connectivity index (χ1) is 9.56. The minimum absolute atomic E-state index is 0.170. The Labute approximate surface area is 122 Å². The predicted molar refractivity (Wildman–Crippen MR) is 79.3 cm³/mol. The van der Waals surface area contributed by atoms with Crippen molar-refractivity contribution in [1.29, 1.82) is 0 Å². The molecule has 0 spiro atoms. The van der Waals surface area contributed by atoms with Gasteiger partial charge in [0, 0.05) is 19.3 Å². The summed E-state index contributed by atoms with van der Waals surface area (Å²) in [6, 6.07) is 0. The quantitative estimate of drug-likeness (QED) is 0.311. The molecule has 0 aliphatic carbocycles. The summed E-state index contributed by atoms with van der Waals surface area (Å²) >= 11 is 0. The number of unbranched alkanes of at least 4 members (excludes halogenated alkanes) is 3. The Morgan fingerprint density at radius 3 is 1.90 bits per heavy atom. The highest BCUT2D eigenvalue weighted by molar-refractivity contribution is 5.70. The largest absolute Gasteiger partial charge is 0.466 e. The van der Waals surface area contributed by atoms with Crippen molar-refractivity contribution >= 4 is 11.9 Å². The molecule has 0 bridgehead atoms. The molecule has 0 rings (SSSR count). The highest BCUT2D eigenvalue weighted by atomic mass is 16.5. The van der Waals surface area contributed by atoms with Gasteiger partial charge in [-0.25, -0.2) is 0 Å². The van der Waals surface area contributed by atoms with E-state index in [1.807, 2.05) is 6.92 Å². The van der Waals surface area contributed by atoms with E-state index in [9.17, 15) is 9.59 Å². The summed E-state index contributed by atoms with van der Waals surface area (Å²) in [5.74, 6) is -0.376. The highest BCUT2D eigenvalue weighted by Gasteiger charge is 2.06. The van der Waals surface area contributed by atoms with Crippen LogP contribution in [0.25, 0.3) is 0 Å². The summed E-state index contributed by atoms with van der Waals surface area (Å²) in [4.78, 5) is 22.7. The first-order valence-corrected chi connectivity index (χ1v) is 7.52. The Morgan fingerprint density at radius 2 is 1.40 bits per heavy atom. The molecule has 0 unspecified atom stereocenters. The lowest BCUT2D eigenvalue weighted by molar-refractivity contribution is -0.146. The van der Waals surface area contributed by atoms with Crippen molar-refractivity contribution in [1.82, 2.24) is 0 Å². The van der Waals surface area contributed by atoms with Gasteiger partial charge < -0.3 is 9.47 Å². The van der Waals surface area contributed by atoms with E-state index >= 15 is 0 Å². The Hall–Kier alpha value is -1.32. The van der Waals surface area contributed by atoms with Gasteiger partial charge in [0.1, 0.15) is 0 Å². The van der Waals surface area contributed by atoms with Gasteiger partial charge in [-0.15, -0.1) is 6.58 Å². The molecule has 20 heavy (non-hydrogen) atoms. The van der Waals surface area contributed by atoms with E-state index in [1.165, 1.54) is 0 Å². The minimum Gasteiger partial charge on any atom is -0.466 e. The van der Waals surface area contributed by atoms with Gasteiger partial charge in [-0.1, -0.05) is 25.3 Å². The molecule has 0 aromatic rings. The van der Waals surface area contributed by atoms with E-state index in [0.29, 0.717) is 45.3 Å². The fourth-order valence-corrected chi connectivity index (χ4v) is 1.56. The third kappa shape index (κ3) is 13.1. The van der Waals surface area contributed by atoms with Crippen LogP contribution in [0.2, 0.25) is 0 Å². The Kier molecular flexibility index (Phi) is 11.9. The molecule has 0 aliphatic rings. The maximum atomic E-state index is 11.3. The molecular formula is C16H28O4. The van der Waals surface area contributed by atoms with Crippen LogP contribution in [0.4, 0.5) is 0 Å². The number of carbonyl (C=O) groups is 2. The summed E-state index contributed by atoms with van der Waals surface area (Å²) in [5.41, 5.74) is 1.00. The second-order valence-corrected chi connectivity index (χ2v) is 5.06. The van der Waals surface area contributed by atoms with Crippen molar-refractivity contribution in [3.63, 3.8) is 0 Å². The zero-order valence-corrected chi connectivity index (χ0v) is 12.9. The van der Waals surface area contributed by atoms with Crippen LogP contribution in [0.5, 0.6) is 0 Å². The van der Waals surface area contributed by atoms with E-state index < -0.39 is 0 Å². The second kappa shape index (κ2) is 12.7. The summed E-state index contributed by atoms with van der Waals surface area (Å²) in [6.45, 7) is 8.66. The molecular weight excluding hydrogens is 256 g/mol. The van der Waals surface area contributed by atoms with Crippen molar-refractivity contribution in [2.75, 3.05) is 13.2 Å². The zero-order chi connectivity index (χ0) is 15.2. The Bertz CT molecular complexity index is 297. The molecule has 0 aromatic carbocycles. The van der Waals surface area contributed by atoms with Crippen LogP contribution in [0.3, 0.4) is 0 Å². The van der Waals surface area contributed by atoms with Gasteiger partial charge in [-0.3, -0.25) is 9.59 Å². The number of hydrogen-bond acceptors (Lipinski definition) is 4. The number of rotatable bonds is 12. The van der Waals surface area contributed by atoms with Crippen molar-refractivity contribution in [3.05, 3.63) is 12.2 Å². The average molecular weight is 284 g/mol. The third-order valence-electron chi connectivity index (χ3n) is 2.81. The number of esters is 2. The minimum atomic E-state index is -0.206. The van der Waals surface area contributed by atoms with Crippen LogP contribution in [-0.2, 0) is 19.1 Å². The van der Waals surface area contributed by atoms with Crippen molar-refractivity contribution in [3.8, 4) is 0 Å². The lowest BCUT2D eigenvalue weighted by Gasteiger charge is -2.05. The van der Waals surface area contributed by atoms with E-state index in [0.717, 1.165) is 24.8 Å². The van der Waals surface area contributed by atoms with Crippen molar-refractivity contribution in [2.45, 2.75) is 65.2 Å².